The molecule has 0 aromatic carbocycles. The van der Waals surface area contributed by atoms with Crippen LogP contribution in [0, 0.1) is 11.3 Å². The number of pyridine rings is 1. The van der Waals surface area contributed by atoms with Crippen molar-refractivity contribution in [2.45, 2.75) is 32.0 Å². The third-order valence-corrected chi connectivity index (χ3v) is 3.61. The molecule has 0 saturated carbocycles. The molecule has 1 aromatic heterocycles. The van der Waals surface area contributed by atoms with Gasteiger partial charge in [-0.05, 0) is 19.1 Å². The van der Waals surface area contributed by atoms with Crippen LogP contribution in [0.15, 0.2) is 24.4 Å². The standard InChI is InChI=1S/C14H18N4O/c1-11-9-18(10-12-5-3-4-8-16-12)13(6-7-15)14(19)17(11)2/h3-5,8,11,13H,6,9-10H2,1-2H3. The fraction of sp³-hybridized carbons (Fsp3) is 0.500. The van der Waals surface area contributed by atoms with E-state index in [-0.39, 0.29) is 24.4 Å². The largest absolute Gasteiger partial charge is 0.340 e. The van der Waals surface area contributed by atoms with E-state index in [1.807, 2.05) is 25.1 Å². The number of carbonyl (C=O) groups excluding carboxylic acids is 1. The molecule has 2 unspecified atom stereocenters. The lowest BCUT2D eigenvalue weighted by Crippen LogP contribution is -2.59. The van der Waals surface area contributed by atoms with Gasteiger partial charge in [-0.1, -0.05) is 6.07 Å². The van der Waals surface area contributed by atoms with Gasteiger partial charge in [0.15, 0.2) is 0 Å². The Labute approximate surface area is 113 Å². The van der Waals surface area contributed by atoms with Crippen LogP contribution in [0.1, 0.15) is 19.0 Å². The van der Waals surface area contributed by atoms with Gasteiger partial charge in [0.1, 0.15) is 6.04 Å². The Bertz CT molecular complexity index is 482. The maximum Gasteiger partial charge on any atom is 0.241 e. The minimum absolute atomic E-state index is 0.0243. The Hall–Kier alpha value is -1.93. The predicted octanol–water partition coefficient (Wildman–Crippen LogP) is 1.03. The molecule has 2 atom stereocenters. The molecule has 2 rings (SSSR count). The fourth-order valence-electron chi connectivity index (χ4n) is 2.37. The van der Waals surface area contributed by atoms with Gasteiger partial charge >= 0.3 is 0 Å². The zero-order chi connectivity index (χ0) is 13.8. The smallest absolute Gasteiger partial charge is 0.241 e. The lowest BCUT2D eigenvalue weighted by Gasteiger charge is -2.42. The second-order valence-electron chi connectivity index (χ2n) is 4.93. The number of amides is 1. The zero-order valence-corrected chi connectivity index (χ0v) is 11.3. The summed E-state index contributed by atoms with van der Waals surface area (Å²) in [5, 5.41) is 8.91. The van der Waals surface area contributed by atoms with E-state index in [9.17, 15) is 4.79 Å². The van der Waals surface area contributed by atoms with E-state index in [2.05, 4.69) is 16.0 Å². The monoisotopic (exact) mass is 258 g/mol. The van der Waals surface area contributed by atoms with Gasteiger partial charge in [-0.2, -0.15) is 5.26 Å². The topological polar surface area (TPSA) is 60.2 Å². The Balaban J connectivity index is 2.16. The van der Waals surface area contributed by atoms with E-state index in [1.54, 1.807) is 18.1 Å². The molecule has 0 radical (unpaired) electrons. The molecule has 5 heteroatoms. The van der Waals surface area contributed by atoms with Gasteiger partial charge in [-0.15, -0.1) is 0 Å². The van der Waals surface area contributed by atoms with Crippen LogP contribution < -0.4 is 0 Å². The summed E-state index contributed by atoms with van der Waals surface area (Å²) in [6.45, 7) is 3.40. The van der Waals surface area contributed by atoms with E-state index in [0.29, 0.717) is 6.54 Å². The molecule has 1 aliphatic heterocycles. The molecule has 1 fully saturated rings. The van der Waals surface area contributed by atoms with Gasteiger partial charge in [0, 0.05) is 32.4 Å². The van der Waals surface area contributed by atoms with Crippen molar-refractivity contribution in [2.75, 3.05) is 13.6 Å². The van der Waals surface area contributed by atoms with Crippen LogP contribution in [0.3, 0.4) is 0 Å². The molecule has 0 spiro atoms. The molecule has 2 heterocycles. The van der Waals surface area contributed by atoms with Crippen LogP contribution in [0.4, 0.5) is 0 Å². The SMILES string of the molecule is CC1CN(Cc2ccccn2)C(CC#N)C(=O)N1C. The van der Waals surface area contributed by atoms with Crippen molar-refractivity contribution < 1.29 is 4.79 Å². The summed E-state index contributed by atoms with van der Waals surface area (Å²) in [5.41, 5.74) is 0.926. The number of piperazine rings is 1. The zero-order valence-electron chi connectivity index (χ0n) is 11.3. The van der Waals surface area contributed by atoms with Crippen LogP contribution in [0.5, 0.6) is 0 Å². The highest BCUT2D eigenvalue weighted by Gasteiger charge is 2.36. The highest BCUT2D eigenvalue weighted by molar-refractivity contribution is 5.83. The third-order valence-electron chi connectivity index (χ3n) is 3.61. The van der Waals surface area contributed by atoms with E-state index in [4.69, 9.17) is 5.26 Å². The normalized spacial score (nSPS) is 24.3. The minimum atomic E-state index is -0.354. The fourth-order valence-corrected chi connectivity index (χ4v) is 2.37. The van der Waals surface area contributed by atoms with Gasteiger partial charge in [0.2, 0.25) is 5.91 Å². The summed E-state index contributed by atoms with van der Waals surface area (Å²) >= 11 is 0. The van der Waals surface area contributed by atoms with Crippen LogP contribution in [0.25, 0.3) is 0 Å². The molecule has 1 aromatic rings. The van der Waals surface area contributed by atoms with Crippen molar-refractivity contribution in [2.24, 2.45) is 0 Å². The lowest BCUT2D eigenvalue weighted by molar-refractivity contribution is -0.143. The predicted molar refractivity (Wildman–Crippen MR) is 70.9 cm³/mol. The van der Waals surface area contributed by atoms with Crippen molar-refractivity contribution in [1.29, 1.82) is 5.26 Å². The van der Waals surface area contributed by atoms with Crippen molar-refractivity contribution in [3.05, 3.63) is 30.1 Å². The molecular formula is C14H18N4O. The molecule has 0 bridgehead atoms. The molecule has 5 nitrogen and oxygen atoms in total. The Kier molecular flexibility index (Phi) is 4.13. The number of nitriles is 1. The molecule has 1 aliphatic rings. The van der Waals surface area contributed by atoms with Gasteiger partial charge in [-0.3, -0.25) is 14.7 Å². The summed E-state index contributed by atoms with van der Waals surface area (Å²) in [5.74, 6) is 0.0243. The minimum Gasteiger partial charge on any atom is -0.340 e. The summed E-state index contributed by atoms with van der Waals surface area (Å²) < 4.78 is 0. The second-order valence-corrected chi connectivity index (χ2v) is 4.93. The second kappa shape index (κ2) is 5.81. The first kappa shape index (κ1) is 13.5. The quantitative estimate of drug-likeness (QED) is 0.812. The summed E-state index contributed by atoms with van der Waals surface area (Å²) in [4.78, 5) is 20.3. The maximum atomic E-state index is 12.2. The Morgan fingerprint density at radius 2 is 2.32 bits per heavy atom. The summed E-state index contributed by atoms with van der Waals surface area (Å²) in [7, 11) is 1.80. The summed E-state index contributed by atoms with van der Waals surface area (Å²) in [6, 6.07) is 7.66. The van der Waals surface area contributed by atoms with E-state index >= 15 is 0 Å². The molecule has 1 amide bonds. The molecule has 19 heavy (non-hydrogen) atoms. The molecule has 1 saturated heterocycles. The van der Waals surface area contributed by atoms with E-state index in [1.165, 1.54) is 0 Å². The van der Waals surface area contributed by atoms with Crippen LogP contribution >= 0.6 is 0 Å². The van der Waals surface area contributed by atoms with Gasteiger partial charge < -0.3 is 4.90 Å². The number of carbonyl (C=O) groups is 1. The number of likely N-dealkylation sites (N-methyl/N-ethyl adjacent to an activating group) is 1. The van der Waals surface area contributed by atoms with E-state index < -0.39 is 0 Å². The van der Waals surface area contributed by atoms with Crippen LogP contribution in [-0.2, 0) is 11.3 Å². The Morgan fingerprint density at radius 3 is 2.95 bits per heavy atom. The lowest BCUT2D eigenvalue weighted by atomic mass is 10.0. The van der Waals surface area contributed by atoms with Crippen molar-refractivity contribution in [1.82, 2.24) is 14.8 Å². The average Bonchev–Trinajstić information content (AvgIpc) is 2.42. The average molecular weight is 258 g/mol. The first-order valence-electron chi connectivity index (χ1n) is 6.41. The third kappa shape index (κ3) is 2.91. The van der Waals surface area contributed by atoms with Crippen molar-refractivity contribution in [3.63, 3.8) is 0 Å². The van der Waals surface area contributed by atoms with Crippen LogP contribution in [-0.4, -0.2) is 46.4 Å². The van der Waals surface area contributed by atoms with E-state index in [0.717, 1.165) is 12.2 Å². The number of aromatic nitrogens is 1. The number of hydrogen-bond acceptors (Lipinski definition) is 4. The first-order valence-corrected chi connectivity index (χ1v) is 6.41. The first-order chi connectivity index (χ1) is 9.13. The highest BCUT2D eigenvalue weighted by Crippen LogP contribution is 2.19. The number of rotatable bonds is 3. The van der Waals surface area contributed by atoms with Gasteiger partial charge in [0.25, 0.3) is 0 Å². The van der Waals surface area contributed by atoms with Crippen molar-refractivity contribution >= 4 is 5.91 Å². The molecule has 0 N–H and O–H groups in total. The highest BCUT2D eigenvalue weighted by atomic mass is 16.2. The molecule has 100 valence electrons. The molecular weight excluding hydrogens is 240 g/mol. The van der Waals surface area contributed by atoms with Crippen molar-refractivity contribution in [3.8, 4) is 6.07 Å². The van der Waals surface area contributed by atoms with Gasteiger partial charge in [-0.25, -0.2) is 0 Å². The Morgan fingerprint density at radius 1 is 1.53 bits per heavy atom. The number of hydrogen-bond donors (Lipinski definition) is 0. The van der Waals surface area contributed by atoms with Crippen LogP contribution in [0.2, 0.25) is 0 Å². The van der Waals surface area contributed by atoms with Gasteiger partial charge in [0.05, 0.1) is 18.2 Å². The number of nitrogens with zero attached hydrogens (tertiary/aromatic N) is 4. The summed E-state index contributed by atoms with van der Waals surface area (Å²) in [6.07, 6.45) is 1.97. The molecule has 0 aliphatic carbocycles. The maximum absolute atomic E-state index is 12.2.